The fraction of sp³-hybridized carbons (Fsp3) is 0.500. The number of anilines is 1. The Hall–Kier alpha value is -1.59. The van der Waals surface area contributed by atoms with E-state index >= 15 is 0 Å². The molecule has 0 unspecified atom stereocenters. The topological polar surface area (TPSA) is 75.4 Å². The Morgan fingerprint density at radius 2 is 2.00 bits per heavy atom. The van der Waals surface area contributed by atoms with Crippen LogP contribution in [0.4, 0.5) is 5.69 Å². The Morgan fingerprint density at radius 1 is 1.36 bits per heavy atom. The second-order valence-corrected chi connectivity index (χ2v) is 6.20. The van der Waals surface area contributed by atoms with E-state index in [1.807, 2.05) is 26.0 Å². The normalized spacial score (nSPS) is 18.0. The van der Waals surface area contributed by atoms with Gasteiger partial charge in [0, 0.05) is 16.6 Å². The van der Waals surface area contributed by atoms with Crippen LogP contribution in [0.15, 0.2) is 18.2 Å². The molecule has 2 amide bonds. The van der Waals surface area contributed by atoms with Crippen molar-refractivity contribution >= 4 is 29.1 Å². The van der Waals surface area contributed by atoms with Crippen molar-refractivity contribution in [2.24, 2.45) is 11.7 Å². The van der Waals surface area contributed by atoms with Crippen molar-refractivity contribution < 1.29 is 9.59 Å². The first-order valence-electron chi connectivity index (χ1n) is 7.49. The molecule has 5 nitrogen and oxygen atoms in total. The van der Waals surface area contributed by atoms with E-state index in [1.165, 1.54) is 0 Å². The monoisotopic (exact) mass is 323 g/mol. The van der Waals surface area contributed by atoms with Crippen molar-refractivity contribution in [3.05, 3.63) is 28.8 Å². The van der Waals surface area contributed by atoms with Crippen molar-refractivity contribution in [2.75, 3.05) is 18.4 Å². The van der Waals surface area contributed by atoms with E-state index in [0.29, 0.717) is 31.0 Å². The molecule has 3 N–H and O–H groups in total. The number of carbonyl (C=O) groups is 2. The van der Waals surface area contributed by atoms with Gasteiger partial charge in [-0.25, -0.2) is 0 Å². The van der Waals surface area contributed by atoms with Crippen LogP contribution in [0.2, 0.25) is 5.02 Å². The fourth-order valence-electron chi connectivity index (χ4n) is 2.72. The molecule has 0 radical (unpaired) electrons. The van der Waals surface area contributed by atoms with Crippen LogP contribution in [0.5, 0.6) is 0 Å². The predicted molar refractivity (Wildman–Crippen MR) is 87.8 cm³/mol. The number of amides is 2. The SMILES string of the molecule is Cc1c(Cl)cccc1NC(=O)[C@@H](C)N1CCC(C(N)=O)CC1. The number of hydrogen-bond acceptors (Lipinski definition) is 3. The highest BCUT2D eigenvalue weighted by Gasteiger charge is 2.28. The van der Waals surface area contributed by atoms with Crippen LogP contribution in [-0.2, 0) is 9.59 Å². The van der Waals surface area contributed by atoms with Gasteiger partial charge in [0.15, 0.2) is 0 Å². The molecule has 1 heterocycles. The summed E-state index contributed by atoms with van der Waals surface area (Å²) >= 11 is 6.07. The molecule has 1 saturated heterocycles. The predicted octanol–water partition coefficient (Wildman–Crippen LogP) is 2.17. The summed E-state index contributed by atoms with van der Waals surface area (Å²) in [6.07, 6.45) is 1.42. The van der Waals surface area contributed by atoms with Crippen LogP contribution in [-0.4, -0.2) is 35.8 Å². The number of rotatable bonds is 4. The second-order valence-electron chi connectivity index (χ2n) is 5.79. The van der Waals surface area contributed by atoms with Gasteiger partial charge in [-0.2, -0.15) is 0 Å². The van der Waals surface area contributed by atoms with Gasteiger partial charge in [0.2, 0.25) is 11.8 Å². The third-order valence-electron chi connectivity index (χ3n) is 4.38. The number of likely N-dealkylation sites (tertiary alicyclic amines) is 1. The van der Waals surface area contributed by atoms with Gasteiger partial charge in [-0.15, -0.1) is 0 Å². The third kappa shape index (κ3) is 3.78. The van der Waals surface area contributed by atoms with Crippen molar-refractivity contribution in [3.63, 3.8) is 0 Å². The van der Waals surface area contributed by atoms with Gasteiger partial charge < -0.3 is 11.1 Å². The molecule has 1 aliphatic heterocycles. The van der Waals surface area contributed by atoms with Crippen LogP contribution in [0, 0.1) is 12.8 Å². The lowest BCUT2D eigenvalue weighted by Crippen LogP contribution is -2.47. The van der Waals surface area contributed by atoms with Gasteiger partial charge in [-0.05, 0) is 57.5 Å². The minimum Gasteiger partial charge on any atom is -0.369 e. The van der Waals surface area contributed by atoms with Crippen LogP contribution in [0.1, 0.15) is 25.3 Å². The number of halogens is 1. The molecule has 0 aromatic heterocycles. The Bertz CT molecular complexity index is 569. The maximum absolute atomic E-state index is 12.4. The summed E-state index contributed by atoms with van der Waals surface area (Å²) in [5.41, 5.74) is 6.92. The third-order valence-corrected chi connectivity index (χ3v) is 4.79. The largest absolute Gasteiger partial charge is 0.369 e. The van der Waals surface area contributed by atoms with Crippen molar-refractivity contribution in [1.29, 1.82) is 0 Å². The van der Waals surface area contributed by atoms with E-state index in [4.69, 9.17) is 17.3 Å². The summed E-state index contributed by atoms with van der Waals surface area (Å²) in [5.74, 6) is -0.379. The molecule has 1 aliphatic rings. The standard InChI is InChI=1S/C16H22ClN3O2/c1-10-13(17)4-3-5-14(10)19-16(22)11(2)20-8-6-12(7-9-20)15(18)21/h3-5,11-12H,6-9H2,1-2H3,(H2,18,21)(H,19,22)/t11-/m1/s1. The van der Waals surface area contributed by atoms with Crippen LogP contribution < -0.4 is 11.1 Å². The molecule has 1 aromatic carbocycles. The maximum Gasteiger partial charge on any atom is 0.241 e. The molecular weight excluding hydrogens is 302 g/mol. The summed E-state index contributed by atoms with van der Waals surface area (Å²) in [6, 6.07) is 5.19. The molecule has 0 aliphatic carbocycles. The molecular formula is C16H22ClN3O2. The highest BCUT2D eigenvalue weighted by Crippen LogP contribution is 2.24. The van der Waals surface area contributed by atoms with Gasteiger partial charge in [-0.3, -0.25) is 14.5 Å². The zero-order chi connectivity index (χ0) is 16.3. The average Bonchev–Trinajstić information content (AvgIpc) is 2.51. The molecule has 120 valence electrons. The smallest absolute Gasteiger partial charge is 0.241 e. The number of piperidine rings is 1. The fourth-order valence-corrected chi connectivity index (χ4v) is 2.89. The molecule has 6 heteroatoms. The lowest BCUT2D eigenvalue weighted by molar-refractivity contribution is -0.124. The first kappa shape index (κ1) is 16.8. The second kappa shape index (κ2) is 7.11. The molecule has 0 saturated carbocycles. The first-order valence-corrected chi connectivity index (χ1v) is 7.87. The summed E-state index contributed by atoms with van der Waals surface area (Å²) in [6.45, 7) is 5.16. The Labute approximate surface area is 135 Å². The summed E-state index contributed by atoms with van der Waals surface area (Å²) in [4.78, 5) is 25.7. The Balaban J connectivity index is 1.95. The number of nitrogens with two attached hydrogens (primary N) is 1. The molecule has 1 aromatic rings. The van der Waals surface area contributed by atoms with E-state index in [0.717, 1.165) is 11.3 Å². The van der Waals surface area contributed by atoms with Gasteiger partial charge in [0.05, 0.1) is 6.04 Å². The minimum absolute atomic E-state index is 0.0668. The molecule has 0 spiro atoms. The van der Waals surface area contributed by atoms with E-state index in [2.05, 4.69) is 10.2 Å². The molecule has 22 heavy (non-hydrogen) atoms. The molecule has 1 fully saturated rings. The molecule has 0 bridgehead atoms. The Morgan fingerprint density at radius 3 is 2.59 bits per heavy atom. The first-order chi connectivity index (χ1) is 10.4. The van der Waals surface area contributed by atoms with Gasteiger partial charge in [0.1, 0.15) is 0 Å². The lowest BCUT2D eigenvalue weighted by Gasteiger charge is -2.34. The number of primary amides is 1. The van der Waals surface area contributed by atoms with Crippen LogP contribution in [0.25, 0.3) is 0 Å². The lowest BCUT2D eigenvalue weighted by atomic mass is 9.95. The number of hydrogen-bond donors (Lipinski definition) is 2. The van der Waals surface area contributed by atoms with E-state index in [-0.39, 0.29) is 23.8 Å². The maximum atomic E-state index is 12.4. The van der Waals surface area contributed by atoms with Gasteiger partial charge in [-0.1, -0.05) is 17.7 Å². The highest BCUT2D eigenvalue weighted by molar-refractivity contribution is 6.31. The van der Waals surface area contributed by atoms with Crippen LogP contribution >= 0.6 is 11.6 Å². The molecule has 2 rings (SSSR count). The van der Waals surface area contributed by atoms with E-state index in [1.54, 1.807) is 6.07 Å². The van der Waals surface area contributed by atoms with Crippen molar-refractivity contribution in [3.8, 4) is 0 Å². The van der Waals surface area contributed by atoms with Gasteiger partial charge >= 0.3 is 0 Å². The summed E-state index contributed by atoms with van der Waals surface area (Å²) in [5, 5.41) is 3.56. The molecule has 1 atom stereocenters. The van der Waals surface area contributed by atoms with Crippen LogP contribution in [0.3, 0.4) is 0 Å². The zero-order valence-corrected chi connectivity index (χ0v) is 13.7. The Kier molecular flexibility index (Phi) is 5.42. The highest BCUT2D eigenvalue weighted by atomic mass is 35.5. The zero-order valence-electron chi connectivity index (χ0n) is 12.9. The number of nitrogens with zero attached hydrogens (tertiary/aromatic N) is 1. The number of nitrogens with one attached hydrogen (secondary N) is 1. The average molecular weight is 324 g/mol. The van der Waals surface area contributed by atoms with Crippen molar-refractivity contribution in [1.82, 2.24) is 4.90 Å². The van der Waals surface area contributed by atoms with Crippen molar-refractivity contribution in [2.45, 2.75) is 32.7 Å². The number of carbonyl (C=O) groups excluding carboxylic acids is 2. The van der Waals surface area contributed by atoms with E-state index in [9.17, 15) is 9.59 Å². The van der Waals surface area contributed by atoms with Gasteiger partial charge in [0.25, 0.3) is 0 Å². The number of benzene rings is 1. The quantitative estimate of drug-likeness (QED) is 0.891. The summed E-state index contributed by atoms with van der Waals surface area (Å²) < 4.78 is 0. The minimum atomic E-state index is -0.257. The van der Waals surface area contributed by atoms with E-state index < -0.39 is 0 Å². The summed E-state index contributed by atoms with van der Waals surface area (Å²) in [7, 11) is 0.